The minimum Gasteiger partial charge on any atom is -0.875 e. The molecule has 0 atom stereocenters. The minimum atomic E-state index is -0.178. The second-order valence-corrected chi connectivity index (χ2v) is 3.61. The lowest BCUT2D eigenvalue weighted by molar-refractivity contribution is -0.307. The van der Waals surface area contributed by atoms with Crippen molar-refractivity contribution in [3.63, 3.8) is 0 Å². The average Bonchev–Trinajstić information content (AvgIpc) is 2.78. The van der Waals surface area contributed by atoms with Crippen LogP contribution >= 0.6 is 0 Å². The Balaban J connectivity index is 2.16. The number of unbranched alkanes of at least 4 members (excludes halogenated alkanes) is 1. The highest BCUT2D eigenvalue weighted by Gasteiger charge is 2.01. The molecule has 3 heteroatoms. The van der Waals surface area contributed by atoms with Gasteiger partial charge in [-0.1, -0.05) is 24.3 Å². The fraction of sp³-hybridized carbons (Fsp3) is 0.462. The van der Waals surface area contributed by atoms with Crippen molar-refractivity contribution in [2.75, 3.05) is 6.61 Å². The molecule has 0 aromatic heterocycles. The van der Waals surface area contributed by atoms with Crippen LogP contribution in [0, 0.1) is 0 Å². The second-order valence-electron chi connectivity index (χ2n) is 3.61. The fourth-order valence-corrected chi connectivity index (χ4v) is 1.49. The average molecular weight is 221 g/mol. The van der Waals surface area contributed by atoms with Crippen LogP contribution in [-0.2, 0) is 9.53 Å². The SMILES string of the molecule is CCOC(=O)CCCCC([O-])=C1C=CC=C1. The van der Waals surface area contributed by atoms with E-state index < -0.39 is 0 Å². The van der Waals surface area contributed by atoms with Crippen molar-refractivity contribution in [2.45, 2.75) is 32.6 Å². The number of esters is 1. The van der Waals surface area contributed by atoms with Crippen molar-refractivity contribution in [1.82, 2.24) is 0 Å². The molecule has 0 aliphatic heterocycles. The van der Waals surface area contributed by atoms with Gasteiger partial charge >= 0.3 is 5.97 Å². The van der Waals surface area contributed by atoms with Crippen LogP contribution in [0.5, 0.6) is 0 Å². The lowest BCUT2D eigenvalue weighted by Crippen LogP contribution is -2.07. The summed E-state index contributed by atoms with van der Waals surface area (Å²) < 4.78 is 4.80. The number of hydrogen-bond acceptors (Lipinski definition) is 3. The molecule has 0 radical (unpaired) electrons. The molecule has 16 heavy (non-hydrogen) atoms. The molecular weight excluding hydrogens is 204 g/mol. The summed E-state index contributed by atoms with van der Waals surface area (Å²) in [5.74, 6) is -0.0304. The van der Waals surface area contributed by atoms with E-state index in [2.05, 4.69) is 0 Å². The Kier molecular flexibility index (Phi) is 5.40. The van der Waals surface area contributed by atoms with Gasteiger partial charge in [0.2, 0.25) is 0 Å². The van der Waals surface area contributed by atoms with Gasteiger partial charge in [-0.3, -0.25) is 4.79 Å². The van der Waals surface area contributed by atoms with E-state index in [1.165, 1.54) is 0 Å². The van der Waals surface area contributed by atoms with Gasteiger partial charge in [0.1, 0.15) is 0 Å². The quantitative estimate of drug-likeness (QED) is 0.390. The van der Waals surface area contributed by atoms with Gasteiger partial charge in [0.15, 0.2) is 0 Å². The smallest absolute Gasteiger partial charge is 0.305 e. The molecule has 0 unspecified atom stereocenters. The summed E-state index contributed by atoms with van der Waals surface area (Å²) in [6.07, 6.45) is 9.69. The van der Waals surface area contributed by atoms with Crippen molar-refractivity contribution in [2.24, 2.45) is 0 Å². The maximum atomic E-state index is 11.6. The zero-order valence-corrected chi connectivity index (χ0v) is 9.57. The summed E-state index contributed by atoms with van der Waals surface area (Å²) >= 11 is 0. The Morgan fingerprint density at radius 3 is 2.50 bits per heavy atom. The van der Waals surface area contributed by atoms with Crippen molar-refractivity contribution in [1.29, 1.82) is 0 Å². The molecule has 3 nitrogen and oxygen atoms in total. The Labute approximate surface area is 96.1 Å². The van der Waals surface area contributed by atoms with Gasteiger partial charge in [-0.05, 0) is 31.8 Å². The summed E-state index contributed by atoms with van der Waals surface area (Å²) in [5, 5.41) is 11.6. The van der Waals surface area contributed by atoms with Crippen LogP contribution in [0.15, 0.2) is 35.6 Å². The molecular formula is C13H17O3-. The van der Waals surface area contributed by atoms with Gasteiger partial charge < -0.3 is 9.84 Å². The monoisotopic (exact) mass is 221 g/mol. The maximum absolute atomic E-state index is 11.6. The molecule has 1 rings (SSSR count). The zero-order valence-electron chi connectivity index (χ0n) is 9.57. The third kappa shape index (κ3) is 4.34. The van der Waals surface area contributed by atoms with E-state index in [4.69, 9.17) is 4.74 Å². The standard InChI is InChI=1S/C13H18O3/c1-2-16-13(15)10-6-5-9-12(14)11-7-3-4-8-11/h3-4,7-8,14H,2,5-6,9-10H2,1H3/p-1. The van der Waals surface area contributed by atoms with Crippen molar-refractivity contribution in [3.8, 4) is 0 Å². The molecule has 0 heterocycles. The number of hydrogen-bond donors (Lipinski definition) is 0. The topological polar surface area (TPSA) is 49.4 Å². The van der Waals surface area contributed by atoms with Crippen LogP contribution in [0.1, 0.15) is 32.6 Å². The summed E-state index contributed by atoms with van der Waals surface area (Å²) in [5.41, 5.74) is 0.760. The fourth-order valence-electron chi connectivity index (χ4n) is 1.49. The highest BCUT2D eigenvalue weighted by atomic mass is 16.5. The molecule has 0 N–H and O–H groups in total. The molecule has 0 saturated heterocycles. The first-order valence-corrected chi connectivity index (χ1v) is 5.64. The first kappa shape index (κ1) is 12.6. The number of carbonyl (C=O) groups excluding carboxylic acids is 1. The van der Waals surface area contributed by atoms with Crippen LogP contribution in [0.2, 0.25) is 0 Å². The van der Waals surface area contributed by atoms with E-state index in [0.29, 0.717) is 25.9 Å². The number of rotatable bonds is 6. The highest BCUT2D eigenvalue weighted by molar-refractivity contribution is 5.69. The highest BCUT2D eigenvalue weighted by Crippen LogP contribution is 2.14. The Morgan fingerprint density at radius 2 is 1.88 bits per heavy atom. The predicted octanol–water partition coefficient (Wildman–Crippen LogP) is 1.85. The first-order valence-electron chi connectivity index (χ1n) is 5.64. The number of ether oxygens (including phenoxy) is 1. The lowest BCUT2D eigenvalue weighted by Gasteiger charge is -2.13. The zero-order chi connectivity index (χ0) is 11.8. The molecule has 0 aromatic rings. The van der Waals surface area contributed by atoms with Gasteiger partial charge in [-0.2, -0.15) is 0 Å². The summed E-state index contributed by atoms with van der Waals surface area (Å²) in [7, 11) is 0. The Morgan fingerprint density at radius 1 is 1.25 bits per heavy atom. The first-order chi connectivity index (χ1) is 7.74. The van der Waals surface area contributed by atoms with E-state index in [-0.39, 0.29) is 11.7 Å². The van der Waals surface area contributed by atoms with Crippen molar-refractivity contribution >= 4 is 5.97 Å². The van der Waals surface area contributed by atoms with Crippen LogP contribution in [0.3, 0.4) is 0 Å². The Hall–Kier alpha value is -1.51. The molecule has 0 saturated carbocycles. The molecule has 88 valence electrons. The van der Waals surface area contributed by atoms with Gasteiger partial charge in [0.05, 0.1) is 6.61 Å². The van der Waals surface area contributed by atoms with E-state index in [0.717, 1.165) is 12.0 Å². The third-order valence-electron chi connectivity index (χ3n) is 2.32. The van der Waals surface area contributed by atoms with E-state index in [1.807, 2.05) is 24.3 Å². The van der Waals surface area contributed by atoms with Gasteiger partial charge in [0.25, 0.3) is 0 Å². The largest absolute Gasteiger partial charge is 0.875 e. The van der Waals surface area contributed by atoms with Crippen molar-refractivity contribution < 1.29 is 14.6 Å². The maximum Gasteiger partial charge on any atom is 0.305 e. The van der Waals surface area contributed by atoms with Crippen LogP contribution in [0.4, 0.5) is 0 Å². The number of allylic oxidation sites excluding steroid dienone is 6. The van der Waals surface area contributed by atoms with Crippen LogP contribution in [-0.4, -0.2) is 12.6 Å². The second kappa shape index (κ2) is 6.88. The molecule has 0 fully saturated rings. The van der Waals surface area contributed by atoms with Crippen LogP contribution in [0.25, 0.3) is 0 Å². The van der Waals surface area contributed by atoms with Gasteiger partial charge in [-0.15, -0.1) is 5.76 Å². The van der Waals surface area contributed by atoms with Crippen molar-refractivity contribution in [3.05, 3.63) is 35.6 Å². The minimum absolute atomic E-state index is 0.147. The summed E-state index contributed by atoms with van der Waals surface area (Å²) in [4.78, 5) is 11.0. The van der Waals surface area contributed by atoms with Gasteiger partial charge in [-0.25, -0.2) is 0 Å². The van der Waals surface area contributed by atoms with E-state index >= 15 is 0 Å². The molecule has 1 aliphatic carbocycles. The molecule has 0 spiro atoms. The molecule has 0 aromatic carbocycles. The summed E-state index contributed by atoms with van der Waals surface area (Å²) in [6, 6.07) is 0. The van der Waals surface area contributed by atoms with E-state index in [9.17, 15) is 9.90 Å². The number of carbonyl (C=O) groups is 1. The van der Waals surface area contributed by atoms with Crippen LogP contribution < -0.4 is 5.11 Å². The predicted molar refractivity (Wildman–Crippen MR) is 60.4 cm³/mol. The normalized spacial score (nSPS) is 13.2. The molecule has 1 aliphatic rings. The molecule has 0 bridgehead atoms. The third-order valence-corrected chi connectivity index (χ3v) is 2.32. The van der Waals surface area contributed by atoms with E-state index in [1.54, 1.807) is 6.92 Å². The Bertz CT molecular complexity index is 310. The van der Waals surface area contributed by atoms with Gasteiger partial charge in [0, 0.05) is 6.42 Å². The molecule has 0 amide bonds. The summed E-state index contributed by atoms with van der Waals surface area (Å²) in [6.45, 7) is 2.21. The lowest BCUT2D eigenvalue weighted by atomic mass is 10.1.